The maximum Gasteiger partial charge on any atom is 0.237 e. The van der Waals surface area contributed by atoms with Gasteiger partial charge < -0.3 is 11.1 Å². The van der Waals surface area contributed by atoms with Crippen molar-refractivity contribution in [2.24, 2.45) is 29.4 Å². The van der Waals surface area contributed by atoms with Crippen molar-refractivity contribution in [3.63, 3.8) is 0 Å². The van der Waals surface area contributed by atoms with Gasteiger partial charge in [0.1, 0.15) is 0 Å². The van der Waals surface area contributed by atoms with Gasteiger partial charge in [-0.1, -0.05) is 41.5 Å². The first-order valence-electron chi connectivity index (χ1n) is 6.30. The Balaban J connectivity index is 4.16. The second-order valence-electron chi connectivity index (χ2n) is 5.67. The van der Waals surface area contributed by atoms with E-state index in [9.17, 15) is 4.79 Å². The van der Waals surface area contributed by atoms with Crippen molar-refractivity contribution in [1.29, 1.82) is 0 Å². The fraction of sp³-hybridized carbons (Fsp3) is 0.923. The van der Waals surface area contributed by atoms with Crippen LogP contribution in [-0.4, -0.2) is 18.5 Å². The van der Waals surface area contributed by atoms with Crippen LogP contribution in [0.1, 0.15) is 41.5 Å². The van der Waals surface area contributed by atoms with Gasteiger partial charge in [0.2, 0.25) is 5.91 Å². The third-order valence-electron chi connectivity index (χ3n) is 3.25. The summed E-state index contributed by atoms with van der Waals surface area (Å²) in [6, 6.07) is -0.389. The molecule has 1 amide bonds. The Hall–Kier alpha value is -0.570. The average Bonchev–Trinajstić information content (AvgIpc) is 2.15. The molecule has 3 heteroatoms. The first-order valence-corrected chi connectivity index (χ1v) is 6.30. The highest BCUT2D eigenvalue weighted by atomic mass is 16.2. The summed E-state index contributed by atoms with van der Waals surface area (Å²) in [4.78, 5) is 11.7. The van der Waals surface area contributed by atoms with E-state index in [1.165, 1.54) is 0 Å². The SMILES string of the molecule is CC(C)C(CNC(=O)[C@@H](N)C(C)C)C(C)C. The minimum absolute atomic E-state index is 0.0266. The molecule has 0 aliphatic heterocycles. The third kappa shape index (κ3) is 4.97. The molecule has 0 unspecified atom stereocenters. The number of amides is 1. The van der Waals surface area contributed by atoms with Crippen molar-refractivity contribution in [2.45, 2.75) is 47.6 Å². The van der Waals surface area contributed by atoms with E-state index in [-0.39, 0.29) is 17.9 Å². The smallest absolute Gasteiger partial charge is 0.237 e. The first-order chi connectivity index (χ1) is 7.27. The summed E-state index contributed by atoms with van der Waals surface area (Å²) in [5.74, 6) is 1.84. The van der Waals surface area contributed by atoms with Crippen LogP contribution < -0.4 is 11.1 Å². The molecule has 3 N–H and O–H groups in total. The van der Waals surface area contributed by atoms with E-state index in [0.717, 1.165) is 6.54 Å². The zero-order chi connectivity index (χ0) is 12.9. The topological polar surface area (TPSA) is 55.1 Å². The molecule has 1 atom stereocenters. The Morgan fingerprint density at radius 1 is 1.00 bits per heavy atom. The van der Waals surface area contributed by atoms with Crippen LogP contribution in [0.3, 0.4) is 0 Å². The number of carbonyl (C=O) groups excluding carboxylic acids is 1. The maximum absolute atomic E-state index is 11.7. The average molecular weight is 228 g/mol. The van der Waals surface area contributed by atoms with Gasteiger partial charge in [-0.15, -0.1) is 0 Å². The Morgan fingerprint density at radius 2 is 1.44 bits per heavy atom. The van der Waals surface area contributed by atoms with Crippen LogP contribution in [0.25, 0.3) is 0 Å². The van der Waals surface area contributed by atoms with Crippen LogP contribution in [0.4, 0.5) is 0 Å². The van der Waals surface area contributed by atoms with E-state index < -0.39 is 0 Å². The lowest BCUT2D eigenvalue weighted by Crippen LogP contribution is -2.46. The highest BCUT2D eigenvalue weighted by Gasteiger charge is 2.21. The van der Waals surface area contributed by atoms with E-state index in [0.29, 0.717) is 17.8 Å². The zero-order valence-electron chi connectivity index (χ0n) is 11.6. The molecule has 96 valence electrons. The summed E-state index contributed by atoms with van der Waals surface area (Å²) in [5, 5.41) is 2.96. The molecule has 0 rings (SSSR count). The van der Waals surface area contributed by atoms with E-state index >= 15 is 0 Å². The van der Waals surface area contributed by atoms with Crippen molar-refractivity contribution in [1.82, 2.24) is 5.32 Å². The van der Waals surface area contributed by atoms with Gasteiger partial charge in [0.15, 0.2) is 0 Å². The molecule has 3 nitrogen and oxygen atoms in total. The highest BCUT2D eigenvalue weighted by Crippen LogP contribution is 2.19. The molecular weight excluding hydrogens is 200 g/mol. The summed E-state index contributed by atoms with van der Waals surface area (Å²) < 4.78 is 0. The number of hydrogen-bond acceptors (Lipinski definition) is 2. The Labute approximate surface area is 100 Å². The van der Waals surface area contributed by atoms with Gasteiger partial charge in [-0.25, -0.2) is 0 Å². The number of carbonyl (C=O) groups is 1. The summed E-state index contributed by atoms with van der Waals surface area (Å²) in [5.41, 5.74) is 5.79. The van der Waals surface area contributed by atoms with Crippen LogP contribution in [0, 0.1) is 23.7 Å². The second kappa shape index (κ2) is 6.89. The summed E-state index contributed by atoms with van der Waals surface area (Å²) in [6.07, 6.45) is 0. The van der Waals surface area contributed by atoms with Gasteiger partial charge in [-0.2, -0.15) is 0 Å². The van der Waals surface area contributed by atoms with Crippen molar-refractivity contribution in [3.8, 4) is 0 Å². The van der Waals surface area contributed by atoms with Crippen LogP contribution in [0.2, 0.25) is 0 Å². The predicted octanol–water partition coefficient (Wildman–Crippen LogP) is 2.01. The molecule has 0 radical (unpaired) electrons. The minimum atomic E-state index is -0.389. The normalized spacial score (nSPS) is 13.9. The molecule has 0 saturated heterocycles. The van der Waals surface area contributed by atoms with E-state index in [1.807, 2.05) is 13.8 Å². The lowest BCUT2D eigenvalue weighted by Gasteiger charge is -2.26. The fourth-order valence-corrected chi connectivity index (χ4v) is 1.88. The Bertz CT molecular complexity index is 204. The molecule has 16 heavy (non-hydrogen) atoms. The van der Waals surface area contributed by atoms with Gasteiger partial charge >= 0.3 is 0 Å². The van der Waals surface area contributed by atoms with Crippen LogP contribution >= 0.6 is 0 Å². The molecule has 0 saturated carbocycles. The first kappa shape index (κ1) is 15.4. The van der Waals surface area contributed by atoms with Crippen molar-refractivity contribution in [2.75, 3.05) is 6.54 Å². The van der Waals surface area contributed by atoms with E-state index in [4.69, 9.17) is 5.73 Å². The standard InChI is InChI=1S/C13H28N2O/c1-8(2)11(9(3)4)7-15-13(16)12(14)10(5)6/h8-12H,7,14H2,1-6H3,(H,15,16)/t12-/m0/s1. The van der Waals surface area contributed by atoms with Crippen LogP contribution in [-0.2, 0) is 4.79 Å². The summed E-state index contributed by atoms with van der Waals surface area (Å²) in [7, 11) is 0. The molecule has 0 heterocycles. The minimum Gasteiger partial charge on any atom is -0.354 e. The maximum atomic E-state index is 11.7. The van der Waals surface area contributed by atoms with E-state index in [1.54, 1.807) is 0 Å². The lowest BCUT2D eigenvalue weighted by atomic mass is 9.85. The summed E-state index contributed by atoms with van der Waals surface area (Å²) >= 11 is 0. The van der Waals surface area contributed by atoms with Gasteiger partial charge in [0, 0.05) is 6.54 Å². The van der Waals surface area contributed by atoms with Crippen LogP contribution in [0.15, 0.2) is 0 Å². The molecule has 0 fully saturated rings. The third-order valence-corrected chi connectivity index (χ3v) is 3.25. The Morgan fingerprint density at radius 3 is 1.75 bits per heavy atom. The second-order valence-corrected chi connectivity index (χ2v) is 5.67. The molecule has 0 aromatic carbocycles. The van der Waals surface area contributed by atoms with Crippen LogP contribution in [0.5, 0.6) is 0 Å². The molecule has 0 aliphatic carbocycles. The molecule has 0 aromatic heterocycles. The highest BCUT2D eigenvalue weighted by molar-refractivity contribution is 5.81. The molecule has 0 aliphatic rings. The monoisotopic (exact) mass is 228 g/mol. The Kier molecular flexibility index (Phi) is 6.65. The molecular formula is C13H28N2O. The van der Waals surface area contributed by atoms with Gasteiger partial charge in [-0.3, -0.25) is 4.79 Å². The number of rotatable bonds is 6. The van der Waals surface area contributed by atoms with Gasteiger partial charge in [0.25, 0.3) is 0 Å². The largest absolute Gasteiger partial charge is 0.354 e. The van der Waals surface area contributed by atoms with Crippen molar-refractivity contribution < 1.29 is 4.79 Å². The van der Waals surface area contributed by atoms with E-state index in [2.05, 4.69) is 33.0 Å². The van der Waals surface area contributed by atoms with Gasteiger partial charge in [-0.05, 0) is 23.7 Å². The predicted molar refractivity (Wildman–Crippen MR) is 69.0 cm³/mol. The molecule has 0 spiro atoms. The van der Waals surface area contributed by atoms with Crippen molar-refractivity contribution >= 4 is 5.91 Å². The molecule has 0 bridgehead atoms. The zero-order valence-corrected chi connectivity index (χ0v) is 11.6. The number of nitrogens with one attached hydrogen (secondary N) is 1. The lowest BCUT2D eigenvalue weighted by molar-refractivity contribution is -0.123. The summed E-state index contributed by atoms with van der Waals surface area (Å²) in [6.45, 7) is 13.4. The van der Waals surface area contributed by atoms with Crippen molar-refractivity contribution in [3.05, 3.63) is 0 Å². The molecule has 0 aromatic rings. The van der Waals surface area contributed by atoms with Gasteiger partial charge in [0.05, 0.1) is 6.04 Å². The number of nitrogens with two attached hydrogens (primary N) is 1. The number of hydrogen-bond donors (Lipinski definition) is 2. The quantitative estimate of drug-likeness (QED) is 0.730. The fourth-order valence-electron chi connectivity index (χ4n) is 1.88.